The second-order valence-corrected chi connectivity index (χ2v) is 5.90. The molecule has 0 saturated carbocycles. The Bertz CT molecular complexity index is 590. The van der Waals surface area contributed by atoms with Crippen molar-refractivity contribution in [3.63, 3.8) is 0 Å². The number of halogens is 1. The van der Waals surface area contributed by atoms with Crippen molar-refractivity contribution in [2.75, 3.05) is 12.3 Å². The molecule has 0 bridgehead atoms. The number of hydrogen-bond donors (Lipinski definition) is 1. The van der Waals surface area contributed by atoms with Crippen molar-refractivity contribution in [3.8, 4) is 5.88 Å². The minimum atomic E-state index is -0.262. The summed E-state index contributed by atoms with van der Waals surface area (Å²) in [7, 11) is 0. The highest BCUT2D eigenvalue weighted by Crippen LogP contribution is 2.30. The molecule has 1 aromatic heterocycles. The molecule has 0 fully saturated rings. The average molecular weight is 292 g/mol. The lowest BCUT2D eigenvalue weighted by Crippen LogP contribution is -2.07. The average Bonchev–Trinajstić information content (AvgIpc) is 2.39. The van der Waals surface area contributed by atoms with Gasteiger partial charge in [-0.25, -0.2) is 9.37 Å². The fourth-order valence-corrected chi connectivity index (χ4v) is 2.33. The minimum Gasteiger partial charge on any atom is -0.476 e. The maximum atomic E-state index is 13.1. The molecule has 2 rings (SSSR count). The van der Waals surface area contributed by atoms with Gasteiger partial charge in [-0.1, -0.05) is 31.7 Å². The predicted molar refractivity (Wildman–Crippen MR) is 79.5 cm³/mol. The van der Waals surface area contributed by atoms with Crippen LogP contribution in [-0.2, 0) is 0 Å². The SMILES string of the molecule is CC(C)COc1nc(Sc2cccc(F)c2)ccc1N. The number of anilines is 1. The maximum Gasteiger partial charge on any atom is 0.238 e. The van der Waals surface area contributed by atoms with E-state index in [0.717, 1.165) is 9.92 Å². The van der Waals surface area contributed by atoms with Gasteiger partial charge in [-0.15, -0.1) is 0 Å². The second kappa shape index (κ2) is 6.61. The summed E-state index contributed by atoms with van der Waals surface area (Å²) in [5, 5.41) is 0.726. The van der Waals surface area contributed by atoms with E-state index in [2.05, 4.69) is 18.8 Å². The Labute approximate surface area is 122 Å². The number of ether oxygens (including phenoxy) is 1. The number of aromatic nitrogens is 1. The van der Waals surface area contributed by atoms with E-state index < -0.39 is 0 Å². The van der Waals surface area contributed by atoms with Crippen molar-refractivity contribution in [1.29, 1.82) is 0 Å². The summed E-state index contributed by atoms with van der Waals surface area (Å²) >= 11 is 1.37. The van der Waals surface area contributed by atoms with Crippen LogP contribution in [0.5, 0.6) is 5.88 Å². The van der Waals surface area contributed by atoms with Crippen LogP contribution in [0.25, 0.3) is 0 Å². The molecule has 3 nitrogen and oxygen atoms in total. The molecule has 0 unspecified atom stereocenters. The Morgan fingerprint density at radius 2 is 2.10 bits per heavy atom. The van der Waals surface area contributed by atoms with Gasteiger partial charge in [0.15, 0.2) is 0 Å². The van der Waals surface area contributed by atoms with Gasteiger partial charge >= 0.3 is 0 Å². The Morgan fingerprint density at radius 1 is 1.30 bits per heavy atom. The summed E-state index contributed by atoms with van der Waals surface area (Å²) in [5.74, 6) is 0.567. The van der Waals surface area contributed by atoms with Crippen LogP contribution in [0.15, 0.2) is 46.3 Å². The summed E-state index contributed by atoms with van der Waals surface area (Å²) in [5.41, 5.74) is 6.34. The molecule has 0 radical (unpaired) electrons. The number of nitrogens with two attached hydrogens (primary N) is 1. The zero-order valence-corrected chi connectivity index (χ0v) is 12.3. The van der Waals surface area contributed by atoms with Crippen molar-refractivity contribution in [2.45, 2.75) is 23.8 Å². The molecule has 1 aromatic carbocycles. The van der Waals surface area contributed by atoms with Crippen LogP contribution in [0.4, 0.5) is 10.1 Å². The molecule has 2 aromatic rings. The number of pyridine rings is 1. The highest BCUT2D eigenvalue weighted by Gasteiger charge is 2.07. The Morgan fingerprint density at radius 3 is 2.80 bits per heavy atom. The number of benzene rings is 1. The molecule has 0 spiro atoms. The largest absolute Gasteiger partial charge is 0.476 e. The van der Waals surface area contributed by atoms with E-state index in [1.807, 2.05) is 6.07 Å². The third-order valence-electron chi connectivity index (χ3n) is 2.44. The summed E-state index contributed by atoms with van der Waals surface area (Å²) in [6.45, 7) is 4.67. The topological polar surface area (TPSA) is 48.1 Å². The van der Waals surface area contributed by atoms with Gasteiger partial charge in [-0.3, -0.25) is 0 Å². The van der Waals surface area contributed by atoms with Gasteiger partial charge in [0, 0.05) is 4.90 Å². The lowest BCUT2D eigenvalue weighted by atomic mass is 10.2. The lowest BCUT2D eigenvalue weighted by molar-refractivity contribution is 0.261. The number of nitrogen functional groups attached to an aromatic ring is 1. The maximum absolute atomic E-state index is 13.1. The molecule has 106 valence electrons. The smallest absolute Gasteiger partial charge is 0.238 e. The van der Waals surface area contributed by atoms with E-state index in [1.165, 1.54) is 23.9 Å². The number of nitrogens with zero attached hydrogens (tertiary/aromatic N) is 1. The van der Waals surface area contributed by atoms with Crippen molar-refractivity contribution >= 4 is 17.4 Å². The third-order valence-corrected chi connectivity index (χ3v) is 3.36. The van der Waals surface area contributed by atoms with Crippen molar-refractivity contribution < 1.29 is 9.13 Å². The molecule has 20 heavy (non-hydrogen) atoms. The van der Waals surface area contributed by atoms with E-state index in [4.69, 9.17) is 10.5 Å². The van der Waals surface area contributed by atoms with Crippen molar-refractivity contribution in [2.24, 2.45) is 5.92 Å². The standard InChI is InChI=1S/C15H17FN2OS/c1-10(2)9-19-15-13(17)6-7-14(18-15)20-12-5-3-4-11(16)8-12/h3-8,10H,9,17H2,1-2H3. The van der Waals surface area contributed by atoms with Crippen LogP contribution in [-0.4, -0.2) is 11.6 Å². The van der Waals surface area contributed by atoms with Gasteiger partial charge in [0.05, 0.1) is 12.3 Å². The van der Waals surface area contributed by atoms with Crippen LogP contribution in [0.2, 0.25) is 0 Å². The van der Waals surface area contributed by atoms with Gasteiger partial charge < -0.3 is 10.5 Å². The Hall–Kier alpha value is -1.75. The number of hydrogen-bond acceptors (Lipinski definition) is 4. The van der Waals surface area contributed by atoms with Crippen LogP contribution in [0, 0.1) is 11.7 Å². The van der Waals surface area contributed by atoms with Gasteiger partial charge in [-0.2, -0.15) is 0 Å². The number of rotatable bonds is 5. The van der Waals surface area contributed by atoms with Gasteiger partial charge in [0.1, 0.15) is 10.8 Å². The molecule has 0 aliphatic rings. The van der Waals surface area contributed by atoms with Gasteiger partial charge in [0.2, 0.25) is 5.88 Å². The summed E-state index contributed by atoms with van der Waals surface area (Å²) in [6, 6.07) is 9.94. The fourth-order valence-electron chi connectivity index (χ4n) is 1.50. The van der Waals surface area contributed by atoms with E-state index >= 15 is 0 Å². The summed E-state index contributed by atoms with van der Waals surface area (Å²) < 4.78 is 18.7. The molecule has 0 aliphatic heterocycles. The normalized spacial score (nSPS) is 10.8. The molecule has 1 heterocycles. The second-order valence-electron chi connectivity index (χ2n) is 4.81. The third kappa shape index (κ3) is 4.13. The zero-order chi connectivity index (χ0) is 14.5. The Balaban J connectivity index is 2.14. The van der Waals surface area contributed by atoms with E-state index in [0.29, 0.717) is 24.1 Å². The van der Waals surface area contributed by atoms with E-state index in [9.17, 15) is 4.39 Å². The highest BCUT2D eigenvalue weighted by atomic mass is 32.2. The Kier molecular flexibility index (Phi) is 4.84. The summed E-state index contributed by atoms with van der Waals surface area (Å²) in [4.78, 5) is 5.15. The molecule has 5 heteroatoms. The molecule has 2 N–H and O–H groups in total. The zero-order valence-electron chi connectivity index (χ0n) is 11.5. The van der Waals surface area contributed by atoms with E-state index in [1.54, 1.807) is 18.2 Å². The lowest BCUT2D eigenvalue weighted by Gasteiger charge is -2.11. The predicted octanol–water partition coefficient (Wildman–Crippen LogP) is 3.99. The first-order chi connectivity index (χ1) is 9.54. The highest BCUT2D eigenvalue weighted by molar-refractivity contribution is 7.99. The molecule has 0 saturated heterocycles. The van der Waals surface area contributed by atoms with Crippen molar-refractivity contribution in [3.05, 3.63) is 42.2 Å². The van der Waals surface area contributed by atoms with Gasteiger partial charge in [0.25, 0.3) is 0 Å². The van der Waals surface area contributed by atoms with Crippen LogP contribution < -0.4 is 10.5 Å². The monoisotopic (exact) mass is 292 g/mol. The van der Waals surface area contributed by atoms with Crippen molar-refractivity contribution in [1.82, 2.24) is 4.98 Å². The fraction of sp³-hybridized carbons (Fsp3) is 0.267. The first kappa shape index (κ1) is 14.7. The molecule has 0 amide bonds. The minimum absolute atomic E-state index is 0.262. The van der Waals surface area contributed by atoms with Crippen LogP contribution in [0.1, 0.15) is 13.8 Å². The first-order valence-corrected chi connectivity index (χ1v) is 7.19. The molecule has 0 aliphatic carbocycles. The van der Waals surface area contributed by atoms with Crippen LogP contribution in [0.3, 0.4) is 0 Å². The van der Waals surface area contributed by atoms with Crippen LogP contribution >= 0.6 is 11.8 Å². The molecular weight excluding hydrogens is 275 g/mol. The first-order valence-electron chi connectivity index (χ1n) is 6.37. The summed E-state index contributed by atoms with van der Waals surface area (Å²) in [6.07, 6.45) is 0. The van der Waals surface area contributed by atoms with Gasteiger partial charge in [-0.05, 0) is 36.2 Å². The van der Waals surface area contributed by atoms with E-state index in [-0.39, 0.29) is 5.82 Å². The molecule has 0 atom stereocenters. The quantitative estimate of drug-likeness (QED) is 0.905. The molecular formula is C15H17FN2OS.